The van der Waals surface area contributed by atoms with E-state index in [1.807, 2.05) is 0 Å². The average Bonchev–Trinajstić information content (AvgIpc) is 2.19. The molecule has 0 amide bonds. The summed E-state index contributed by atoms with van der Waals surface area (Å²) in [6.45, 7) is 2.91. The van der Waals surface area contributed by atoms with Crippen LogP contribution in [0.3, 0.4) is 0 Å². The first-order chi connectivity index (χ1) is 6.71. The lowest BCUT2D eigenvalue weighted by atomic mass is 9.85. The van der Waals surface area contributed by atoms with E-state index in [0.29, 0.717) is 18.9 Å². The molecule has 1 aromatic rings. The van der Waals surface area contributed by atoms with E-state index in [0.717, 1.165) is 12.2 Å². The number of nitrogens with zero attached hydrogens (tertiary/aromatic N) is 2. The third kappa shape index (κ3) is 1.76. The van der Waals surface area contributed by atoms with Gasteiger partial charge < -0.3 is 10.4 Å². The third-order valence-electron chi connectivity index (χ3n) is 2.73. The molecule has 4 nitrogen and oxygen atoms in total. The van der Waals surface area contributed by atoms with E-state index in [4.69, 9.17) is 0 Å². The van der Waals surface area contributed by atoms with Crippen LogP contribution in [0.15, 0.2) is 18.6 Å². The van der Waals surface area contributed by atoms with Gasteiger partial charge in [-0.05, 0) is 32.4 Å². The molecular weight excluding hydrogens is 178 g/mol. The number of aliphatic hydroxyl groups is 1. The van der Waals surface area contributed by atoms with Crippen molar-refractivity contribution in [1.82, 2.24) is 15.3 Å². The Kier molecular flexibility index (Phi) is 2.48. The van der Waals surface area contributed by atoms with Crippen LogP contribution in [0.4, 0.5) is 0 Å². The minimum atomic E-state index is -0.770. The van der Waals surface area contributed by atoms with Crippen molar-refractivity contribution < 1.29 is 5.11 Å². The van der Waals surface area contributed by atoms with Crippen molar-refractivity contribution in [3.8, 4) is 0 Å². The van der Waals surface area contributed by atoms with Crippen molar-refractivity contribution in [2.24, 2.45) is 0 Å². The highest BCUT2D eigenvalue weighted by Crippen LogP contribution is 2.30. The molecule has 1 aliphatic heterocycles. The van der Waals surface area contributed by atoms with Crippen LogP contribution in [0.5, 0.6) is 0 Å². The number of hydrogen-bond donors (Lipinski definition) is 2. The molecule has 4 heteroatoms. The largest absolute Gasteiger partial charge is 0.383 e. The standard InChI is InChI=1S/C10H15N3O/c1-8-6-10(14,3-5-12-8)9-2-4-11-7-13-9/h2,4,7-8,12,14H,3,5-6H2,1H3. The summed E-state index contributed by atoms with van der Waals surface area (Å²) < 4.78 is 0. The zero-order valence-electron chi connectivity index (χ0n) is 8.27. The van der Waals surface area contributed by atoms with Crippen LogP contribution in [0.2, 0.25) is 0 Å². The van der Waals surface area contributed by atoms with E-state index in [1.165, 1.54) is 6.33 Å². The normalized spacial score (nSPS) is 32.9. The first kappa shape index (κ1) is 9.55. The SMILES string of the molecule is CC1CC(O)(c2ccncn2)CCN1. The molecule has 2 heterocycles. The Balaban J connectivity index is 2.23. The summed E-state index contributed by atoms with van der Waals surface area (Å²) in [7, 11) is 0. The predicted octanol–water partition coefficient (Wildman–Crippen LogP) is 0.436. The average molecular weight is 193 g/mol. The molecule has 2 unspecified atom stereocenters. The van der Waals surface area contributed by atoms with Gasteiger partial charge in [0.05, 0.1) is 5.69 Å². The Labute approximate surface area is 83.4 Å². The van der Waals surface area contributed by atoms with Gasteiger partial charge in [-0.15, -0.1) is 0 Å². The Morgan fingerprint density at radius 1 is 1.64 bits per heavy atom. The van der Waals surface area contributed by atoms with Gasteiger partial charge in [0.1, 0.15) is 11.9 Å². The van der Waals surface area contributed by atoms with Gasteiger partial charge >= 0.3 is 0 Å². The van der Waals surface area contributed by atoms with E-state index in [9.17, 15) is 5.11 Å². The van der Waals surface area contributed by atoms with E-state index in [-0.39, 0.29) is 0 Å². The quantitative estimate of drug-likeness (QED) is 0.679. The summed E-state index contributed by atoms with van der Waals surface area (Å²) in [5.74, 6) is 0. The van der Waals surface area contributed by atoms with Gasteiger partial charge in [-0.25, -0.2) is 9.97 Å². The minimum Gasteiger partial charge on any atom is -0.383 e. The van der Waals surface area contributed by atoms with Crippen molar-refractivity contribution in [2.45, 2.75) is 31.4 Å². The van der Waals surface area contributed by atoms with Crippen molar-refractivity contribution in [3.05, 3.63) is 24.3 Å². The minimum absolute atomic E-state index is 0.337. The molecule has 2 N–H and O–H groups in total. The third-order valence-corrected chi connectivity index (χ3v) is 2.73. The molecule has 0 bridgehead atoms. The fourth-order valence-electron chi connectivity index (χ4n) is 2.00. The summed E-state index contributed by atoms with van der Waals surface area (Å²) in [6.07, 6.45) is 4.59. The molecule has 0 saturated carbocycles. The Morgan fingerprint density at radius 3 is 3.14 bits per heavy atom. The molecule has 1 saturated heterocycles. The number of aromatic nitrogens is 2. The molecule has 0 aromatic carbocycles. The van der Waals surface area contributed by atoms with Crippen LogP contribution in [0.1, 0.15) is 25.5 Å². The van der Waals surface area contributed by atoms with Crippen LogP contribution in [0, 0.1) is 0 Å². The molecule has 76 valence electrons. The van der Waals surface area contributed by atoms with E-state index in [1.54, 1.807) is 12.3 Å². The van der Waals surface area contributed by atoms with E-state index in [2.05, 4.69) is 22.2 Å². The Hall–Kier alpha value is -1.00. The topological polar surface area (TPSA) is 58.0 Å². The highest BCUT2D eigenvalue weighted by Gasteiger charge is 2.35. The second-order valence-corrected chi connectivity index (χ2v) is 3.94. The zero-order chi connectivity index (χ0) is 10.0. The maximum absolute atomic E-state index is 10.4. The molecule has 1 aromatic heterocycles. The van der Waals surface area contributed by atoms with E-state index >= 15 is 0 Å². The van der Waals surface area contributed by atoms with Crippen LogP contribution in [-0.2, 0) is 5.60 Å². The predicted molar refractivity (Wildman–Crippen MR) is 52.6 cm³/mol. The second kappa shape index (κ2) is 3.63. The summed E-state index contributed by atoms with van der Waals surface area (Å²) in [4.78, 5) is 7.97. The second-order valence-electron chi connectivity index (χ2n) is 3.94. The van der Waals surface area contributed by atoms with Gasteiger partial charge in [-0.2, -0.15) is 0 Å². The molecule has 0 aliphatic carbocycles. The molecular formula is C10H15N3O. The van der Waals surface area contributed by atoms with Gasteiger partial charge in [-0.1, -0.05) is 0 Å². The lowest BCUT2D eigenvalue weighted by Gasteiger charge is -2.35. The zero-order valence-corrected chi connectivity index (χ0v) is 8.27. The maximum Gasteiger partial charge on any atom is 0.115 e. The summed E-state index contributed by atoms with van der Waals surface area (Å²) >= 11 is 0. The van der Waals surface area contributed by atoms with Crippen molar-refractivity contribution >= 4 is 0 Å². The van der Waals surface area contributed by atoms with Gasteiger partial charge in [0.2, 0.25) is 0 Å². The molecule has 2 atom stereocenters. The van der Waals surface area contributed by atoms with Gasteiger partial charge in [0.15, 0.2) is 0 Å². The molecule has 0 radical (unpaired) electrons. The highest BCUT2D eigenvalue weighted by molar-refractivity contribution is 5.12. The Morgan fingerprint density at radius 2 is 2.50 bits per heavy atom. The highest BCUT2D eigenvalue weighted by atomic mass is 16.3. The summed E-state index contributed by atoms with van der Waals surface area (Å²) in [5, 5.41) is 13.7. The number of nitrogens with one attached hydrogen (secondary N) is 1. The Bertz CT molecular complexity index is 303. The maximum atomic E-state index is 10.4. The van der Waals surface area contributed by atoms with Crippen molar-refractivity contribution in [3.63, 3.8) is 0 Å². The molecule has 1 fully saturated rings. The summed E-state index contributed by atoms with van der Waals surface area (Å²) in [5.41, 5.74) is -0.0333. The van der Waals surface area contributed by atoms with E-state index < -0.39 is 5.60 Å². The monoisotopic (exact) mass is 193 g/mol. The number of rotatable bonds is 1. The van der Waals surface area contributed by atoms with Crippen molar-refractivity contribution in [1.29, 1.82) is 0 Å². The molecule has 0 spiro atoms. The van der Waals surface area contributed by atoms with Crippen LogP contribution < -0.4 is 5.32 Å². The first-order valence-corrected chi connectivity index (χ1v) is 4.93. The van der Waals surface area contributed by atoms with Gasteiger partial charge in [0, 0.05) is 12.2 Å². The summed E-state index contributed by atoms with van der Waals surface area (Å²) in [6, 6.07) is 2.13. The van der Waals surface area contributed by atoms with Crippen LogP contribution in [0.25, 0.3) is 0 Å². The smallest absolute Gasteiger partial charge is 0.115 e. The van der Waals surface area contributed by atoms with Gasteiger partial charge in [0.25, 0.3) is 0 Å². The fraction of sp³-hybridized carbons (Fsp3) is 0.600. The van der Waals surface area contributed by atoms with Gasteiger partial charge in [-0.3, -0.25) is 0 Å². The molecule has 2 rings (SSSR count). The molecule has 1 aliphatic rings. The fourth-order valence-corrected chi connectivity index (χ4v) is 2.00. The first-order valence-electron chi connectivity index (χ1n) is 4.93. The number of piperidine rings is 1. The van der Waals surface area contributed by atoms with Crippen LogP contribution in [-0.4, -0.2) is 27.7 Å². The van der Waals surface area contributed by atoms with Crippen LogP contribution >= 0.6 is 0 Å². The lowest BCUT2D eigenvalue weighted by Crippen LogP contribution is -2.45. The number of hydrogen-bond acceptors (Lipinski definition) is 4. The lowest BCUT2D eigenvalue weighted by molar-refractivity contribution is -0.0105. The van der Waals surface area contributed by atoms with Crippen molar-refractivity contribution in [2.75, 3.05) is 6.54 Å². The molecule has 14 heavy (non-hydrogen) atoms.